The van der Waals surface area contributed by atoms with Gasteiger partial charge in [-0.15, -0.1) is 0 Å². The molecule has 1 N–H and O–H groups in total. The standard InChI is InChI=1S/C35H42N6O4/c1-37-35(43)45-31-12-7-25(8-13-31)34(42)40(33-18-27(15-16-38-33)29-20-39-41(22-29)30-10-11-30)21-23-3-5-24(6-4-23)26-9-14-32(44-2)28(17-26)19-36/h9,14-18,20,22-25,30-31H,3-8,10-13,21H2,1-2H3,(H,37,43)/t23-,24-,25-,31-. The summed E-state index contributed by atoms with van der Waals surface area (Å²) in [5, 5.41) is 16.6. The lowest BCUT2D eigenvalue weighted by atomic mass is 9.78. The van der Waals surface area contributed by atoms with Crippen molar-refractivity contribution in [2.75, 3.05) is 25.6 Å². The fourth-order valence-electron chi connectivity index (χ4n) is 6.93. The number of hydrogen-bond acceptors (Lipinski definition) is 7. The fourth-order valence-corrected chi connectivity index (χ4v) is 6.93. The number of hydrogen-bond donors (Lipinski definition) is 1. The zero-order valence-corrected chi connectivity index (χ0v) is 26.2. The van der Waals surface area contributed by atoms with Crippen LogP contribution < -0.4 is 15.0 Å². The monoisotopic (exact) mass is 610 g/mol. The Balaban J connectivity index is 1.18. The van der Waals surface area contributed by atoms with E-state index in [-0.39, 0.29) is 17.9 Å². The van der Waals surface area contributed by atoms with Gasteiger partial charge in [0.05, 0.1) is 24.9 Å². The molecule has 3 aliphatic carbocycles. The molecule has 236 valence electrons. The van der Waals surface area contributed by atoms with Crippen LogP contribution in [0.25, 0.3) is 11.1 Å². The minimum absolute atomic E-state index is 0.0997. The molecule has 0 bridgehead atoms. The molecule has 3 saturated carbocycles. The highest BCUT2D eigenvalue weighted by molar-refractivity contribution is 5.94. The number of rotatable bonds is 9. The van der Waals surface area contributed by atoms with Crippen LogP contribution in [0.1, 0.15) is 87.3 Å². The molecule has 10 heteroatoms. The molecule has 3 aromatic rings. The van der Waals surface area contributed by atoms with Gasteiger partial charge in [0.2, 0.25) is 5.91 Å². The second-order valence-electron chi connectivity index (χ2n) is 12.7. The predicted molar refractivity (Wildman–Crippen MR) is 170 cm³/mol. The van der Waals surface area contributed by atoms with E-state index in [9.17, 15) is 14.9 Å². The highest BCUT2D eigenvalue weighted by Crippen LogP contribution is 2.39. The second-order valence-corrected chi connectivity index (χ2v) is 12.7. The lowest BCUT2D eigenvalue weighted by Gasteiger charge is -2.35. The van der Waals surface area contributed by atoms with Gasteiger partial charge in [-0.2, -0.15) is 10.4 Å². The maximum atomic E-state index is 14.2. The van der Waals surface area contributed by atoms with E-state index in [0.29, 0.717) is 67.2 Å². The van der Waals surface area contributed by atoms with Crippen LogP contribution in [0.15, 0.2) is 48.9 Å². The van der Waals surface area contributed by atoms with E-state index in [0.717, 1.165) is 36.8 Å². The van der Waals surface area contributed by atoms with E-state index in [1.807, 2.05) is 40.0 Å². The maximum Gasteiger partial charge on any atom is 0.407 e. The van der Waals surface area contributed by atoms with Gasteiger partial charge in [-0.3, -0.25) is 14.4 Å². The van der Waals surface area contributed by atoms with Crippen molar-refractivity contribution in [1.82, 2.24) is 20.1 Å². The zero-order chi connectivity index (χ0) is 31.3. The summed E-state index contributed by atoms with van der Waals surface area (Å²) in [6, 6.07) is 12.7. The number of carbonyl (C=O) groups excluding carboxylic acids is 2. The first-order chi connectivity index (χ1) is 21.9. The molecule has 0 radical (unpaired) electrons. The second kappa shape index (κ2) is 13.7. The van der Waals surface area contributed by atoms with Crippen molar-refractivity contribution in [2.45, 2.75) is 82.3 Å². The first-order valence-corrected chi connectivity index (χ1v) is 16.2. The molecule has 1 aromatic carbocycles. The van der Waals surface area contributed by atoms with Gasteiger partial charge in [0, 0.05) is 37.5 Å². The third-order valence-electron chi connectivity index (χ3n) is 9.75. The molecule has 3 aliphatic rings. The smallest absolute Gasteiger partial charge is 0.407 e. The number of nitrogens with zero attached hydrogens (tertiary/aromatic N) is 5. The molecule has 0 aliphatic heterocycles. The average molecular weight is 611 g/mol. The molecule has 6 rings (SSSR count). The van der Waals surface area contributed by atoms with Gasteiger partial charge >= 0.3 is 6.09 Å². The Labute approximate surface area is 264 Å². The molecule has 3 fully saturated rings. The third kappa shape index (κ3) is 7.14. The molecule has 2 heterocycles. The van der Waals surface area contributed by atoms with E-state index < -0.39 is 6.09 Å². The lowest BCUT2D eigenvalue weighted by Crippen LogP contribution is -2.42. The number of anilines is 1. The molecule has 0 saturated heterocycles. The number of carbonyl (C=O) groups is 2. The Kier molecular flexibility index (Phi) is 9.34. The minimum atomic E-state index is -0.425. The van der Waals surface area contributed by atoms with Gasteiger partial charge in [-0.05, 0) is 111 Å². The van der Waals surface area contributed by atoms with E-state index in [1.54, 1.807) is 20.4 Å². The van der Waals surface area contributed by atoms with Crippen molar-refractivity contribution < 1.29 is 19.1 Å². The molecule has 2 aromatic heterocycles. The normalized spacial score (nSPS) is 23.0. The van der Waals surface area contributed by atoms with Crippen molar-refractivity contribution in [2.24, 2.45) is 11.8 Å². The van der Waals surface area contributed by atoms with Crippen LogP contribution in [0.4, 0.5) is 10.6 Å². The maximum absolute atomic E-state index is 14.2. The number of aromatic nitrogens is 3. The van der Waals surface area contributed by atoms with Gasteiger partial charge in [-0.25, -0.2) is 9.78 Å². The summed E-state index contributed by atoms with van der Waals surface area (Å²) in [5.74, 6) is 1.96. The molecule has 0 spiro atoms. The van der Waals surface area contributed by atoms with Crippen LogP contribution >= 0.6 is 0 Å². The first kappa shape index (κ1) is 30.6. The van der Waals surface area contributed by atoms with Gasteiger partial charge in [0.25, 0.3) is 0 Å². The molecule has 2 amide bonds. The predicted octanol–water partition coefficient (Wildman–Crippen LogP) is 6.38. The van der Waals surface area contributed by atoms with Crippen molar-refractivity contribution in [3.63, 3.8) is 0 Å². The van der Waals surface area contributed by atoms with E-state index in [4.69, 9.17) is 14.5 Å². The largest absolute Gasteiger partial charge is 0.495 e. The Bertz CT molecular complexity index is 1540. The molecule has 10 nitrogen and oxygen atoms in total. The van der Waals surface area contributed by atoms with Crippen LogP contribution in [0.3, 0.4) is 0 Å². The lowest BCUT2D eigenvalue weighted by molar-refractivity contribution is -0.124. The summed E-state index contributed by atoms with van der Waals surface area (Å²) in [6.07, 6.45) is 14.2. The summed E-state index contributed by atoms with van der Waals surface area (Å²) in [6.45, 7) is 0.615. The summed E-state index contributed by atoms with van der Waals surface area (Å²) >= 11 is 0. The van der Waals surface area contributed by atoms with Crippen molar-refractivity contribution in [3.8, 4) is 22.9 Å². The average Bonchev–Trinajstić information content (AvgIpc) is 3.82. The SMILES string of the molecule is CNC(=O)O[C@H]1CC[C@H](C(=O)N(C[C@H]2CC[C@H](c3ccc(OC)c(C#N)c3)CC2)c2cc(-c3cnn(C4CC4)c3)ccn2)CC1. The molecule has 45 heavy (non-hydrogen) atoms. The Hall–Kier alpha value is -4.39. The first-order valence-electron chi connectivity index (χ1n) is 16.2. The molecular formula is C35H42N6O4. The van der Waals surface area contributed by atoms with Crippen LogP contribution in [-0.4, -0.2) is 53.6 Å². The number of nitrogens with one attached hydrogen (secondary N) is 1. The zero-order valence-electron chi connectivity index (χ0n) is 26.2. The highest BCUT2D eigenvalue weighted by atomic mass is 16.6. The molecule has 0 unspecified atom stereocenters. The van der Waals surface area contributed by atoms with E-state index in [2.05, 4.69) is 28.7 Å². The number of alkyl carbamates (subject to hydrolysis) is 1. The van der Waals surface area contributed by atoms with E-state index in [1.165, 1.54) is 18.4 Å². The van der Waals surface area contributed by atoms with Gasteiger partial charge in [-0.1, -0.05) is 6.07 Å². The number of amides is 2. The summed E-state index contributed by atoms with van der Waals surface area (Å²) in [7, 11) is 3.14. The van der Waals surface area contributed by atoms with Crippen LogP contribution in [0, 0.1) is 23.2 Å². The highest BCUT2D eigenvalue weighted by Gasteiger charge is 2.34. The minimum Gasteiger partial charge on any atom is -0.495 e. The molecule has 0 atom stereocenters. The topological polar surface area (TPSA) is 122 Å². The Morgan fingerprint density at radius 3 is 2.49 bits per heavy atom. The quantitative estimate of drug-likeness (QED) is 0.298. The summed E-state index contributed by atoms with van der Waals surface area (Å²) in [5.41, 5.74) is 3.78. The van der Waals surface area contributed by atoms with Crippen molar-refractivity contribution in [1.29, 1.82) is 5.26 Å². The third-order valence-corrected chi connectivity index (χ3v) is 9.75. The van der Waals surface area contributed by atoms with Gasteiger partial charge < -0.3 is 14.8 Å². The van der Waals surface area contributed by atoms with Crippen molar-refractivity contribution in [3.05, 3.63) is 60.0 Å². The Morgan fingerprint density at radius 1 is 1.02 bits per heavy atom. The summed E-state index contributed by atoms with van der Waals surface area (Å²) < 4.78 is 12.9. The fraction of sp³-hybridized carbons (Fsp3) is 0.514. The number of pyridine rings is 1. The van der Waals surface area contributed by atoms with Crippen molar-refractivity contribution >= 4 is 17.8 Å². The molecular weight excluding hydrogens is 568 g/mol. The van der Waals surface area contributed by atoms with E-state index >= 15 is 0 Å². The Morgan fingerprint density at radius 2 is 1.80 bits per heavy atom. The number of nitriles is 1. The van der Waals surface area contributed by atoms with Gasteiger partial charge in [0.15, 0.2) is 0 Å². The number of benzene rings is 1. The van der Waals surface area contributed by atoms with Crippen LogP contribution in [0.2, 0.25) is 0 Å². The van der Waals surface area contributed by atoms with Crippen LogP contribution in [0.5, 0.6) is 5.75 Å². The van der Waals surface area contributed by atoms with Gasteiger partial charge in [0.1, 0.15) is 23.7 Å². The van der Waals surface area contributed by atoms with Crippen LogP contribution in [-0.2, 0) is 9.53 Å². The number of methoxy groups -OCH3 is 1. The summed E-state index contributed by atoms with van der Waals surface area (Å²) in [4.78, 5) is 32.6. The number of ether oxygens (including phenoxy) is 2.